The second kappa shape index (κ2) is 5.74. The zero-order chi connectivity index (χ0) is 14.8. The molecular formula is C17H17N3S. The fourth-order valence-corrected chi connectivity index (χ4v) is 3.23. The van der Waals surface area contributed by atoms with Gasteiger partial charge < -0.3 is 5.32 Å². The van der Waals surface area contributed by atoms with Crippen molar-refractivity contribution in [2.24, 2.45) is 0 Å². The van der Waals surface area contributed by atoms with Crippen molar-refractivity contribution < 1.29 is 0 Å². The predicted molar refractivity (Wildman–Crippen MR) is 89.1 cm³/mol. The number of rotatable bonds is 3. The number of hydrogen-bond donors (Lipinski definition) is 1. The Morgan fingerprint density at radius 3 is 2.57 bits per heavy atom. The van der Waals surface area contributed by atoms with Gasteiger partial charge in [-0.25, -0.2) is 9.97 Å². The lowest BCUT2D eigenvalue weighted by Gasteiger charge is -2.10. The minimum Gasteiger partial charge on any atom is -0.357 e. The van der Waals surface area contributed by atoms with E-state index in [9.17, 15) is 0 Å². The van der Waals surface area contributed by atoms with Gasteiger partial charge in [-0.3, -0.25) is 0 Å². The summed E-state index contributed by atoms with van der Waals surface area (Å²) in [6.45, 7) is 4.25. The molecule has 1 N–H and O–H groups in total. The van der Waals surface area contributed by atoms with Crippen LogP contribution in [0.15, 0.2) is 52.4 Å². The Bertz CT molecular complexity index is 799. The van der Waals surface area contributed by atoms with Crippen molar-refractivity contribution in [3.05, 3.63) is 53.6 Å². The van der Waals surface area contributed by atoms with Crippen LogP contribution in [0.5, 0.6) is 0 Å². The van der Waals surface area contributed by atoms with E-state index in [2.05, 4.69) is 53.4 Å². The quantitative estimate of drug-likeness (QED) is 0.725. The fraction of sp³-hybridized carbons (Fsp3) is 0.176. The first kappa shape index (κ1) is 13.9. The lowest BCUT2D eigenvalue weighted by atomic mass is 10.2. The minimum absolute atomic E-state index is 0.654. The van der Waals surface area contributed by atoms with Crippen LogP contribution in [-0.2, 0) is 0 Å². The first-order valence-corrected chi connectivity index (χ1v) is 7.68. The molecule has 0 unspecified atom stereocenters. The van der Waals surface area contributed by atoms with Crippen LogP contribution in [0.1, 0.15) is 11.1 Å². The highest BCUT2D eigenvalue weighted by Gasteiger charge is 2.09. The van der Waals surface area contributed by atoms with Crippen molar-refractivity contribution in [1.29, 1.82) is 0 Å². The Hall–Kier alpha value is -2.07. The van der Waals surface area contributed by atoms with Gasteiger partial charge in [-0.05, 0) is 31.5 Å². The third-order valence-electron chi connectivity index (χ3n) is 3.33. The summed E-state index contributed by atoms with van der Waals surface area (Å²) < 4.78 is 0. The van der Waals surface area contributed by atoms with Crippen molar-refractivity contribution in [3.8, 4) is 0 Å². The van der Waals surface area contributed by atoms with E-state index in [1.54, 1.807) is 11.8 Å². The lowest BCUT2D eigenvalue weighted by Crippen LogP contribution is -1.98. The molecule has 0 fully saturated rings. The third-order valence-corrected chi connectivity index (χ3v) is 4.51. The van der Waals surface area contributed by atoms with Crippen LogP contribution >= 0.6 is 11.8 Å². The standard InChI is InChI=1S/C17H17N3S/c1-11-8-9-15(12(2)10-11)21-16-13-6-4-5-7-14(13)19-17(18-3)20-16/h4-10H,1-3H3,(H,18,19,20). The zero-order valence-electron chi connectivity index (χ0n) is 12.3. The van der Waals surface area contributed by atoms with E-state index < -0.39 is 0 Å². The molecule has 3 aromatic rings. The van der Waals surface area contributed by atoms with E-state index in [1.807, 2.05) is 25.2 Å². The molecule has 0 aliphatic heterocycles. The number of aromatic nitrogens is 2. The molecule has 0 aliphatic rings. The summed E-state index contributed by atoms with van der Waals surface area (Å²) >= 11 is 1.69. The molecule has 3 rings (SSSR count). The second-order valence-electron chi connectivity index (χ2n) is 4.99. The fourth-order valence-electron chi connectivity index (χ4n) is 2.26. The highest BCUT2D eigenvalue weighted by atomic mass is 32.2. The normalized spacial score (nSPS) is 10.8. The number of nitrogens with one attached hydrogen (secondary N) is 1. The molecule has 0 saturated heterocycles. The number of para-hydroxylation sites is 1. The summed E-state index contributed by atoms with van der Waals surface area (Å²) in [4.78, 5) is 10.3. The third kappa shape index (κ3) is 2.85. The molecule has 0 bridgehead atoms. The maximum absolute atomic E-state index is 4.62. The van der Waals surface area contributed by atoms with Gasteiger partial charge >= 0.3 is 0 Å². The van der Waals surface area contributed by atoms with Crippen molar-refractivity contribution >= 4 is 28.6 Å². The summed E-state index contributed by atoms with van der Waals surface area (Å²) in [5.74, 6) is 0.654. The van der Waals surface area contributed by atoms with E-state index in [0.29, 0.717) is 5.95 Å². The van der Waals surface area contributed by atoms with Gasteiger partial charge in [-0.1, -0.05) is 47.7 Å². The molecule has 0 saturated carbocycles. The van der Waals surface area contributed by atoms with Crippen LogP contribution in [0.2, 0.25) is 0 Å². The van der Waals surface area contributed by atoms with Crippen LogP contribution in [0.4, 0.5) is 5.95 Å². The van der Waals surface area contributed by atoms with Crippen molar-refractivity contribution in [2.75, 3.05) is 12.4 Å². The maximum atomic E-state index is 4.62. The molecular weight excluding hydrogens is 278 g/mol. The lowest BCUT2D eigenvalue weighted by molar-refractivity contribution is 1.09. The molecule has 0 atom stereocenters. The Morgan fingerprint density at radius 2 is 1.81 bits per heavy atom. The van der Waals surface area contributed by atoms with Crippen LogP contribution in [0.3, 0.4) is 0 Å². The van der Waals surface area contributed by atoms with E-state index >= 15 is 0 Å². The highest BCUT2D eigenvalue weighted by Crippen LogP contribution is 2.34. The van der Waals surface area contributed by atoms with E-state index in [0.717, 1.165) is 15.9 Å². The number of hydrogen-bond acceptors (Lipinski definition) is 4. The molecule has 2 aromatic carbocycles. The monoisotopic (exact) mass is 295 g/mol. The SMILES string of the molecule is CNc1nc(Sc2ccc(C)cc2C)c2ccccc2n1. The van der Waals surface area contributed by atoms with Crippen molar-refractivity contribution in [1.82, 2.24) is 9.97 Å². The van der Waals surface area contributed by atoms with Gasteiger partial charge in [0, 0.05) is 17.3 Å². The molecule has 0 spiro atoms. The summed E-state index contributed by atoms with van der Waals surface area (Å²) in [5, 5.41) is 5.10. The van der Waals surface area contributed by atoms with Crippen molar-refractivity contribution in [3.63, 3.8) is 0 Å². The van der Waals surface area contributed by atoms with Gasteiger partial charge in [0.1, 0.15) is 5.03 Å². The second-order valence-corrected chi connectivity index (χ2v) is 6.02. The summed E-state index contributed by atoms with van der Waals surface area (Å²) in [6, 6.07) is 14.6. The van der Waals surface area contributed by atoms with Crippen molar-refractivity contribution in [2.45, 2.75) is 23.8 Å². The molecule has 3 nitrogen and oxygen atoms in total. The Kier molecular flexibility index (Phi) is 3.80. The molecule has 106 valence electrons. The zero-order valence-corrected chi connectivity index (χ0v) is 13.2. The number of aryl methyl sites for hydroxylation is 2. The predicted octanol–water partition coefficient (Wildman–Crippen LogP) is 4.44. The molecule has 21 heavy (non-hydrogen) atoms. The van der Waals surface area contributed by atoms with Gasteiger partial charge in [0.25, 0.3) is 0 Å². The average Bonchev–Trinajstić information content (AvgIpc) is 2.49. The highest BCUT2D eigenvalue weighted by molar-refractivity contribution is 7.99. The molecule has 0 aliphatic carbocycles. The molecule has 1 heterocycles. The average molecular weight is 295 g/mol. The van der Waals surface area contributed by atoms with Gasteiger partial charge in [0.2, 0.25) is 5.95 Å². The van der Waals surface area contributed by atoms with E-state index in [1.165, 1.54) is 16.0 Å². The molecule has 0 radical (unpaired) electrons. The maximum Gasteiger partial charge on any atom is 0.224 e. The first-order chi connectivity index (χ1) is 10.2. The largest absolute Gasteiger partial charge is 0.357 e. The topological polar surface area (TPSA) is 37.8 Å². The number of benzene rings is 2. The smallest absolute Gasteiger partial charge is 0.224 e. The van der Waals surface area contributed by atoms with Crippen LogP contribution in [0, 0.1) is 13.8 Å². The number of nitrogens with zero attached hydrogens (tertiary/aromatic N) is 2. The van der Waals surface area contributed by atoms with Crippen LogP contribution in [-0.4, -0.2) is 17.0 Å². The number of anilines is 1. The number of fused-ring (bicyclic) bond motifs is 1. The van der Waals surface area contributed by atoms with E-state index in [4.69, 9.17) is 0 Å². The molecule has 1 aromatic heterocycles. The Balaban J connectivity index is 2.10. The minimum atomic E-state index is 0.654. The molecule has 4 heteroatoms. The summed E-state index contributed by atoms with van der Waals surface area (Å²) in [5.41, 5.74) is 3.51. The summed E-state index contributed by atoms with van der Waals surface area (Å²) in [6.07, 6.45) is 0. The van der Waals surface area contributed by atoms with Crippen LogP contribution < -0.4 is 5.32 Å². The molecule has 0 amide bonds. The Labute approximate surface area is 128 Å². The first-order valence-electron chi connectivity index (χ1n) is 6.87. The van der Waals surface area contributed by atoms with Gasteiger partial charge in [-0.2, -0.15) is 0 Å². The van der Waals surface area contributed by atoms with Gasteiger partial charge in [0.05, 0.1) is 5.52 Å². The van der Waals surface area contributed by atoms with E-state index in [-0.39, 0.29) is 0 Å². The van der Waals surface area contributed by atoms with Gasteiger partial charge in [-0.15, -0.1) is 0 Å². The van der Waals surface area contributed by atoms with Crippen LogP contribution in [0.25, 0.3) is 10.9 Å². The Morgan fingerprint density at radius 1 is 1.00 bits per heavy atom. The summed E-state index contributed by atoms with van der Waals surface area (Å²) in [7, 11) is 1.84. The van der Waals surface area contributed by atoms with Gasteiger partial charge in [0.15, 0.2) is 0 Å².